The molecule has 0 fully saturated rings. The topological polar surface area (TPSA) is 70.6 Å². The number of nitrogens with one attached hydrogen (secondary N) is 2. The fourth-order valence-electron chi connectivity index (χ4n) is 1.62. The number of hydrogen-bond donors (Lipinski definition) is 3. The first-order valence-electron chi connectivity index (χ1n) is 6.39. The van der Waals surface area contributed by atoms with Gasteiger partial charge in [-0.2, -0.15) is 0 Å². The van der Waals surface area contributed by atoms with Crippen molar-refractivity contribution in [3.63, 3.8) is 0 Å². The minimum absolute atomic E-state index is 0. The van der Waals surface area contributed by atoms with Gasteiger partial charge in [0.05, 0.1) is 18.8 Å². The number of aliphatic hydroxyl groups excluding tert-OH is 1. The molecule has 0 aliphatic rings. The third-order valence-corrected chi connectivity index (χ3v) is 2.44. The van der Waals surface area contributed by atoms with Crippen LogP contribution in [0.25, 0.3) is 0 Å². The first-order chi connectivity index (χ1) is 9.02. The van der Waals surface area contributed by atoms with Crippen LogP contribution in [0.5, 0.6) is 5.75 Å². The molecule has 114 valence electrons. The van der Waals surface area contributed by atoms with Gasteiger partial charge in [-0.3, -0.25) is 4.79 Å². The summed E-state index contributed by atoms with van der Waals surface area (Å²) in [5, 5.41) is 15.4. The Balaban J connectivity index is 0.00000361. The normalized spacial score (nSPS) is 11.7. The lowest BCUT2D eigenvalue weighted by atomic mass is 10.1. The highest BCUT2D eigenvalue weighted by molar-refractivity contribution is 5.85. The van der Waals surface area contributed by atoms with E-state index in [9.17, 15) is 9.90 Å². The Morgan fingerprint density at radius 2 is 2.10 bits per heavy atom. The number of aliphatic hydroxyl groups is 1. The molecule has 5 nitrogen and oxygen atoms in total. The van der Waals surface area contributed by atoms with Gasteiger partial charge in [0, 0.05) is 6.54 Å². The van der Waals surface area contributed by atoms with Crippen LogP contribution in [0.15, 0.2) is 24.3 Å². The van der Waals surface area contributed by atoms with Crippen LogP contribution in [0.2, 0.25) is 0 Å². The number of amides is 1. The van der Waals surface area contributed by atoms with E-state index in [0.29, 0.717) is 5.75 Å². The molecule has 1 aromatic rings. The first kappa shape index (κ1) is 18.7. The molecular weight excluding hydrogens is 280 g/mol. The highest BCUT2D eigenvalue weighted by Crippen LogP contribution is 2.19. The Labute approximate surface area is 126 Å². The molecule has 0 saturated heterocycles. The number of benzene rings is 1. The van der Waals surface area contributed by atoms with Crippen molar-refractivity contribution in [1.29, 1.82) is 0 Å². The lowest BCUT2D eigenvalue weighted by Gasteiger charge is -2.15. The average Bonchev–Trinajstić information content (AvgIpc) is 2.36. The van der Waals surface area contributed by atoms with E-state index in [4.69, 9.17) is 4.74 Å². The van der Waals surface area contributed by atoms with E-state index in [1.165, 1.54) is 0 Å². The maximum atomic E-state index is 11.3. The van der Waals surface area contributed by atoms with Crippen molar-refractivity contribution < 1.29 is 14.6 Å². The third-order valence-electron chi connectivity index (χ3n) is 2.44. The van der Waals surface area contributed by atoms with E-state index < -0.39 is 6.10 Å². The SMILES string of the molecule is CNCC(=O)NCC(O)c1cccc(OC(C)C)c1.Cl. The standard InChI is InChI=1S/C14H22N2O3.ClH/c1-10(2)19-12-6-4-5-11(7-12)13(17)8-16-14(18)9-15-3;/h4-7,10,13,15,17H,8-9H2,1-3H3,(H,16,18);1H. The second-order valence-electron chi connectivity index (χ2n) is 4.59. The van der Waals surface area contributed by atoms with Crippen molar-refractivity contribution in [3.8, 4) is 5.75 Å². The van der Waals surface area contributed by atoms with Gasteiger partial charge >= 0.3 is 0 Å². The zero-order chi connectivity index (χ0) is 14.3. The fourth-order valence-corrected chi connectivity index (χ4v) is 1.62. The average molecular weight is 303 g/mol. The molecule has 0 radical (unpaired) electrons. The number of carbonyl (C=O) groups is 1. The van der Waals surface area contributed by atoms with E-state index in [-0.39, 0.29) is 37.5 Å². The maximum absolute atomic E-state index is 11.3. The number of ether oxygens (including phenoxy) is 1. The second-order valence-corrected chi connectivity index (χ2v) is 4.59. The highest BCUT2D eigenvalue weighted by atomic mass is 35.5. The zero-order valence-electron chi connectivity index (χ0n) is 12.1. The summed E-state index contributed by atoms with van der Waals surface area (Å²) in [5.41, 5.74) is 0.725. The van der Waals surface area contributed by atoms with Crippen molar-refractivity contribution in [3.05, 3.63) is 29.8 Å². The molecule has 0 heterocycles. The summed E-state index contributed by atoms with van der Waals surface area (Å²) < 4.78 is 5.56. The molecule has 6 heteroatoms. The minimum atomic E-state index is -0.739. The summed E-state index contributed by atoms with van der Waals surface area (Å²) in [6.45, 7) is 4.32. The Morgan fingerprint density at radius 1 is 1.40 bits per heavy atom. The quantitative estimate of drug-likeness (QED) is 0.709. The van der Waals surface area contributed by atoms with Gasteiger partial charge in [-0.25, -0.2) is 0 Å². The highest BCUT2D eigenvalue weighted by Gasteiger charge is 2.10. The first-order valence-corrected chi connectivity index (χ1v) is 6.39. The van der Waals surface area contributed by atoms with Crippen LogP contribution >= 0.6 is 12.4 Å². The van der Waals surface area contributed by atoms with Gasteiger partial charge in [-0.15, -0.1) is 12.4 Å². The monoisotopic (exact) mass is 302 g/mol. The zero-order valence-corrected chi connectivity index (χ0v) is 12.9. The van der Waals surface area contributed by atoms with Crippen molar-refractivity contribution in [2.75, 3.05) is 20.1 Å². The molecule has 0 saturated carbocycles. The molecule has 0 aromatic heterocycles. The van der Waals surface area contributed by atoms with E-state index in [1.54, 1.807) is 13.1 Å². The number of carbonyl (C=O) groups excluding carboxylic acids is 1. The van der Waals surface area contributed by atoms with Crippen LogP contribution in [-0.2, 0) is 4.79 Å². The summed E-state index contributed by atoms with van der Waals surface area (Å²) in [5.74, 6) is 0.573. The number of likely N-dealkylation sites (N-methyl/N-ethyl adjacent to an activating group) is 1. The van der Waals surface area contributed by atoms with Crippen molar-refractivity contribution in [2.24, 2.45) is 0 Å². The Kier molecular flexibility index (Phi) is 8.96. The predicted octanol–water partition coefficient (Wildman–Crippen LogP) is 1.26. The molecule has 0 aliphatic heterocycles. The lowest BCUT2D eigenvalue weighted by molar-refractivity contribution is -0.120. The number of rotatable bonds is 7. The van der Waals surface area contributed by atoms with Gasteiger partial charge in [0.2, 0.25) is 5.91 Å². The van der Waals surface area contributed by atoms with Gasteiger partial charge in [0.15, 0.2) is 0 Å². The van der Waals surface area contributed by atoms with Crippen molar-refractivity contribution >= 4 is 18.3 Å². The Hall–Kier alpha value is -1.30. The molecule has 0 spiro atoms. The molecule has 3 N–H and O–H groups in total. The molecule has 1 amide bonds. The predicted molar refractivity (Wildman–Crippen MR) is 81.4 cm³/mol. The number of hydrogen-bond acceptors (Lipinski definition) is 4. The van der Waals surface area contributed by atoms with Crippen LogP contribution in [-0.4, -0.2) is 37.3 Å². The van der Waals surface area contributed by atoms with Crippen LogP contribution in [0.1, 0.15) is 25.5 Å². The molecule has 1 atom stereocenters. The van der Waals surface area contributed by atoms with Gasteiger partial charge in [0.25, 0.3) is 0 Å². The number of halogens is 1. The van der Waals surface area contributed by atoms with E-state index >= 15 is 0 Å². The lowest BCUT2D eigenvalue weighted by Crippen LogP contribution is -2.34. The summed E-state index contributed by atoms with van der Waals surface area (Å²) in [7, 11) is 1.70. The molecule has 1 rings (SSSR count). The van der Waals surface area contributed by atoms with Crippen LogP contribution < -0.4 is 15.4 Å². The minimum Gasteiger partial charge on any atom is -0.491 e. The maximum Gasteiger partial charge on any atom is 0.234 e. The van der Waals surface area contributed by atoms with E-state index in [0.717, 1.165) is 5.56 Å². The molecule has 1 unspecified atom stereocenters. The van der Waals surface area contributed by atoms with Crippen molar-refractivity contribution in [1.82, 2.24) is 10.6 Å². The van der Waals surface area contributed by atoms with Gasteiger partial charge in [-0.05, 0) is 38.6 Å². The fraction of sp³-hybridized carbons (Fsp3) is 0.500. The summed E-state index contributed by atoms with van der Waals surface area (Å²) in [6.07, 6.45) is -0.653. The Bertz CT molecular complexity index is 413. The van der Waals surface area contributed by atoms with Gasteiger partial charge < -0.3 is 20.5 Å². The van der Waals surface area contributed by atoms with Gasteiger partial charge in [-0.1, -0.05) is 12.1 Å². The van der Waals surface area contributed by atoms with Gasteiger partial charge in [0.1, 0.15) is 5.75 Å². The van der Waals surface area contributed by atoms with E-state index in [2.05, 4.69) is 10.6 Å². The molecule has 20 heavy (non-hydrogen) atoms. The summed E-state index contributed by atoms with van der Waals surface area (Å²) in [6, 6.07) is 7.26. The largest absolute Gasteiger partial charge is 0.491 e. The molecule has 0 bridgehead atoms. The summed E-state index contributed by atoms with van der Waals surface area (Å²) >= 11 is 0. The third kappa shape index (κ3) is 6.75. The van der Waals surface area contributed by atoms with Crippen LogP contribution in [0.3, 0.4) is 0 Å². The van der Waals surface area contributed by atoms with Crippen LogP contribution in [0.4, 0.5) is 0 Å². The van der Waals surface area contributed by atoms with E-state index in [1.807, 2.05) is 32.0 Å². The molecule has 1 aromatic carbocycles. The second kappa shape index (κ2) is 9.58. The van der Waals surface area contributed by atoms with Crippen LogP contribution in [0, 0.1) is 0 Å². The molecule has 0 aliphatic carbocycles. The smallest absolute Gasteiger partial charge is 0.234 e. The van der Waals surface area contributed by atoms with Crippen molar-refractivity contribution in [2.45, 2.75) is 26.1 Å². The summed E-state index contributed by atoms with van der Waals surface area (Å²) in [4.78, 5) is 11.3. The Morgan fingerprint density at radius 3 is 2.70 bits per heavy atom. The molecular formula is C14H23ClN2O3.